The van der Waals surface area contributed by atoms with Crippen LogP contribution in [-0.4, -0.2) is 16.3 Å². The molecule has 0 saturated heterocycles. The van der Waals surface area contributed by atoms with Crippen molar-refractivity contribution in [2.24, 2.45) is 7.05 Å². The van der Waals surface area contributed by atoms with Crippen LogP contribution in [-0.2, 0) is 7.05 Å². The van der Waals surface area contributed by atoms with Crippen LogP contribution >= 0.6 is 0 Å². The van der Waals surface area contributed by atoms with Crippen LogP contribution in [0, 0.1) is 20.8 Å². The van der Waals surface area contributed by atoms with Crippen molar-refractivity contribution in [3.8, 4) is 0 Å². The number of rotatable bonds is 4. The van der Waals surface area contributed by atoms with Gasteiger partial charge >= 0.3 is 0 Å². The molecule has 1 unspecified atom stereocenters. The zero-order valence-corrected chi connectivity index (χ0v) is 12.5. The van der Waals surface area contributed by atoms with Gasteiger partial charge in [0.15, 0.2) is 0 Å². The molecule has 0 saturated carbocycles. The normalized spacial score (nSPS) is 12.7. The van der Waals surface area contributed by atoms with Crippen LogP contribution in [0.3, 0.4) is 0 Å². The molecule has 19 heavy (non-hydrogen) atoms. The van der Waals surface area contributed by atoms with Gasteiger partial charge in [0, 0.05) is 18.3 Å². The summed E-state index contributed by atoms with van der Waals surface area (Å²) >= 11 is 0. The molecule has 3 heteroatoms. The second-order valence-electron chi connectivity index (χ2n) is 5.06. The monoisotopic (exact) mass is 257 g/mol. The summed E-state index contributed by atoms with van der Waals surface area (Å²) in [4.78, 5) is 0. The summed E-state index contributed by atoms with van der Waals surface area (Å²) in [5, 5.41) is 8.14. The van der Waals surface area contributed by atoms with Crippen molar-refractivity contribution in [3.63, 3.8) is 0 Å². The molecule has 1 aromatic carbocycles. The lowest BCUT2D eigenvalue weighted by atomic mass is 9.93. The number of nitrogens with zero attached hydrogens (tertiary/aromatic N) is 2. The first-order valence-electron chi connectivity index (χ1n) is 6.85. The predicted molar refractivity (Wildman–Crippen MR) is 79.4 cm³/mol. The van der Waals surface area contributed by atoms with E-state index in [1.807, 2.05) is 11.7 Å². The predicted octanol–water partition coefficient (Wildman–Crippen LogP) is 3.04. The number of nitrogens with one attached hydrogen (secondary N) is 1. The largest absolute Gasteiger partial charge is 0.306 e. The van der Waals surface area contributed by atoms with Gasteiger partial charge in [0.2, 0.25) is 0 Å². The summed E-state index contributed by atoms with van der Waals surface area (Å²) in [7, 11) is 2.01. The molecule has 2 aromatic rings. The second-order valence-corrected chi connectivity index (χ2v) is 5.06. The van der Waals surface area contributed by atoms with Gasteiger partial charge in [0.25, 0.3) is 0 Å². The third kappa shape index (κ3) is 2.56. The maximum absolute atomic E-state index is 4.55. The highest BCUT2D eigenvalue weighted by molar-refractivity contribution is 5.40. The lowest BCUT2D eigenvalue weighted by molar-refractivity contribution is 0.620. The maximum Gasteiger partial charge on any atom is 0.0647 e. The van der Waals surface area contributed by atoms with E-state index in [1.165, 1.54) is 22.4 Å². The first-order valence-corrected chi connectivity index (χ1v) is 6.85. The van der Waals surface area contributed by atoms with E-state index in [2.05, 4.69) is 62.4 Å². The smallest absolute Gasteiger partial charge is 0.0647 e. The molecule has 102 valence electrons. The topological polar surface area (TPSA) is 29.9 Å². The minimum absolute atomic E-state index is 0.222. The van der Waals surface area contributed by atoms with E-state index < -0.39 is 0 Å². The molecule has 1 N–H and O–H groups in total. The van der Waals surface area contributed by atoms with Crippen molar-refractivity contribution in [1.29, 1.82) is 0 Å². The van der Waals surface area contributed by atoms with Crippen molar-refractivity contribution >= 4 is 0 Å². The summed E-state index contributed by atoms with van der Waals surface area (Å²) < 4.78 is 1.97. The molecule has 0 aliphatic heterocycles. The fraction of sp³-hybridized carbons (Fsp3) is 0.438. The van der Waals surface area contributed by atoms with Gasteiger partial charge in [-0.15, -0.1) is 0 Å². The van der Waals surface area contributed by atoms with E-state index in [9.17, 15) is 0 Å². The van der Waals surface area contributed by atoms with Gasteiger partial charge in [-0.3, -0.25) is 4.68 Å². The average Bonchev–Trinajstić information content (AvgIpc) is 2.62. The molecule has 0 aliphatic carbocycles. The Morgan fingerprint density at radius 1 is 1.21 bits per heavy atom. The summed E-state index contributed by atoms with van der Waals surface area (Å²) in [6.07, 6.45) is 0. The molecule has 1 aromatic heterocycles. The zero-order valence-electron chi connectivity index (χ0n) is 12.5. The highest BCUT2D eigenvalue weighted by atomic mass is 15.3. The third-order valence-corrected chi connectivity index (χ3v) is 3.76. The lowest BCUT2D eigenvalue weighted by Crippen LogP contribution is -2.24. The van der Waals surface area contributed by atoms with Crippen LogP contribution in [0.25, 0.3) is 0 Å². The van der Waals surface area contributed by atoms with E-state index in [0.29, 0.717) is 0 Å². The molecule has 1 atom stereocenters. The van der Waals surface area contributed by atoms with E-state index in [-0.39, 0.29) is 6.04 Å². The van der Waals surface area contributed by atoms with Gasteiger partial charge in [0.05, 0.1) is 11.7 Å². The Bertz CT molecular complexity index is 569. The molecule has 2 rings (SSSR count). The Hall–Kier alpha value is -1.61. The quantitative estimate of drug-likeness (QED) is 0.912. The Balaban J connectivity index is 2.55. The van der Waals surface area contributed by atoms with E-state index in [1.54, 1.807) is 0 Å². The Labute approximate surface area is 115 Å². The van der Waals surface area contributed by atoms with Crippen molar-refractivity contribution < 1.29 is 0 Å². The van der Waals surface area contributed by atoms with E-state index in [4.69, 9.17) is 0 Å². The number of aryl methyl sites for hydroxylation is 3. The van der Waals surface area contributed by atoms with E-state index in [0.717, 1.165) is 12.2 Å². The molecule has 1 heterocycles. The summed E-state index contributed by atoms with van der Waals surface area (Å²) in [6.45, 7) is 9.47. The molecule has 0 fully saturated rings. The van der Waals surface area contributed by atoms with Crippen molar-refractivity contribution in [2.45, 2.75) is 33.7 Å². The number of hydrogen-bond donors (Lipinski definition) is 1. The number of aromatic nitrogens is 2. The Morgan fingerprint density at radius 2 is 1.89 bits per heavy atom. The number of benzene rings is 1. The maximum atomic E-state index is 4.55. The van der Waals surface area contributed by atoms with Crippen molar-refractivity contribution in [3.05, 3.63) is 52.3 Å². The van der Waals surface area contributed by atoms with Crippen LogP contribution in [0.4, 0.5) is 0 Å². The minimum Gasteiger partial charge on any atom is -0.306 e. The standard InChI is InChI=1S/C16H23N3/c1-6-17-16(14-10-8-7-9-11(14)2)15-12(3)18-19(5)13(15)4/h7-10,16-17H,6H2,1-5H3. The summed E-state index contributed by atoms with van der Waals surface area (Å²) in [6, 6.07) is 8.79. The van der Waals surface area contributed by atoms with Gasteiger partial charge in [-0.05, 0) is 38.4 Å². The van der Waals surface area contributed by atoms with Gasteiger partial charge in [-0.25, -0.2) is 0 Å². The molecule has 0 radical (unpaired) electrons. The first kappa shape index (κ1) is 13.8. The van der Waals surface area contributed by atoms with Gasteiger partial charge in [-0.1, -0.05) is 31.2 Å². The minimum atomic E-state index is 0.222. The van der Waals surface area contributed by atoms with Crippen LogP contribution in [0.2, 0.25) is 0 Å². The zero-order chi connectivity index (χ0) is 14.0. The van der Waals surface area contributed by atoms with Gasteiger partial charge in [-0.2, -0.15) is 5.10 Å². The van der Waals surface area contributed by atoms with Crippen LogP contribution in [0.5, 0.6) is 0 Å². The third-order valence-electron chi connectivity index (χ3n) is 3.76. The van der Waals surface area contributed by atoms with Crippen LogP contribution < -0.4 is 5.32 Å². The summed E-state index contributed by atoms with van der Waals surface area (Å²) in [5.41, 5.74) is 6.29. The molecular formula is C16H23N3. The van der Waals surface area contributed by atoms with Crippen molar-refractivity contribution in [1.82, 2.24) is 15.1 Å². The second kappa shape index (κ2) is 5.57. The highest BCUT2D eigenvalue weighted by Crippen LogP contribution is 2.29. The number of hydrogen-bond acceptors (Lipinski definition) is 2. The first-order chi connectivity index (χ1) is 9.06. The van der Waals surface area contributed by atoms with Crippen LogP contribution in [0.1, 0.15) is 41.0 Å². The Morgan fingerprint density at radius 3 is 2.42 bits per heavy atom. The molecule has 0 bridgehead atoms. The van der Waals surface area contributed by atoms with Crippen LogP contribution in [0.15, 0.2) is 24.3 Å². The fourth-order valence-corrected chi connectivity index (χ4v) is 2.69. The molecule has 0 spiro atoms. The lowest BCUT2D eigenvalue weighted by Gasteiger charge is -2.21. The SMILES string of the molecule is CCNC(c1ccccc1C)c1c(C)nn(C)c1C. The molecule has 3 nitrogen and oxygen atoms in total. The molecule has 0 amide bonds. The van der Waals surface area contributed by atoms with Gasteiger partial charge in [0.1, 0.15) is 0 Å². The molecular weight excluding hydrogens is 234 g/mol. The average molecular weight is 257 g/mol. The summed E-state index contributed by atoms with van der Waals surface area (Å²) in [5.74, 6) is 0. The fourth-order valence-electron chi connectivity index (χ4n) is 2.69. The molecule has 0 aliphatic rings. The van der Waals surface area contributed by atoms with Gasteiger partial charge < -0.3 is 5.32 Å². The Kier molecular flexibility index (Phi) is 4.05. The highest BCUT2D eigenvalue weighted by Gasteiger charge is 2.22. The van der Waals surface area contributed by atoms with E-state index >= 15 is 0 Å². The van der Waals surface area contributed by atoms with Crippen molar-refractivity contribution in [2.75, 3.05) is 6.54 Å².